The predicted octanol–water partition coefficient (Wildman–Crippen LogP) is 3.02. The van der Waals surface area contributed by atoms with Gasteiger partial charge in [0.05, 0.1) is 16.3 Å². The SMILES string of the molecule is CS(=O)(=O)c1ccc(Nc2ccc(I)cc2)c(N)c1. The second-order valence-electron chi connectivity index (χ2n) is 4.15. The van der Waals surface area contributed by atoms with Gasteiger partial charge in [0.25, 0.3) is 0 Å². The minimum atomic E-state index is -3.23. The third kappa shape index (κ3) is 3.60. The summed E-state index contributed by atoms with van der Waals surface area (Å²) in [5, 5.41) is 3.15. The van der Waals surface area contributed by atoms with E-state index in [2.05, 4.69) is 27.9 Å². The molecule has 2 rings (SSSR count). The standard InChI is InChI=1S/C13H13IN2O2S/c1-19(17,18)11-6-7-13(12(15)8-11)16-10-4-2-9(14)3-5-10/h2-8,16H,15H2,1H3. The van der Waals surface area contributed by atoms with Crippen LogP contribution in [0.1, 0.15) is 0 Å². The molecule has 3 N–H and O–H groups in total. The predicted molar refractivity (Wildman–Crippen MR) is 86.4 cm³/mol. The number of hydrogen-bond donors (Lipinski definition) is 2. The molecule has 0 atom stereocenters. The minimum absolute atomic E-state index is 0.221. The molecule has 2 aromatic carbocycles. The van der Waals surface area contributed by atoms with Crippen molar-refractivity contribution in [2.24, 2.45) is 0 Å². The number of sulfone groups is 1. The maximum absolute atomic E-state index is 11.4. The van der Waals surface area contributed by atoms with Crippen LogP contribution in [0, 0.1) is 3.57 Å². The van der Waals surface area contributed by atoms with E-state index in [9.17, 15) is 8.42 Å². The minimum Gasteiger partial charge on any atom is -0.397 e. The Morgan fingerprint density at radius 3 is 2.26 bits per heavy atom. The summed E-state index contributed by atoms with van der Waals surface area (Å²) >= 11 is 2.23. The molecule has 0 unspecified atom stereocenters. The average Bonchev–Trinajstić information content (AvgIpc) is 2.33. The number of benzene rings is 2. The van der Waals surface area contributed by atoms with Crippen molar-refractivity contribution in [3.8, 4) is 0 Å². The molecule has 0 aliphatic carbocycles. The fourth-order valence-electron chi connectivity index (χ4n) is 1.57. The van der Waals surface area contributed by atoms with Gasteiger partial charge in [0, 0.05) is 15.5 Å². The van der Waals surface area contributed by atoms with Gasteiger partial charge in [0.15, 0.2) is 9.84 Å². The van der Waals surface area contributed by atoms with E-state index in [0.717, 1.165) is 15.5 Å². The number of nitrogens with two attached hydrogens (primary N) is 1. The van der Waals surface area contributed by atoms with E-state index >= 15 is 0 Å². The van der Waals surface area contributed by atoms with E-state index in [1.807, 2.05) is 24.3 Å². The molecule has 0 saturated heterocycles. The molecule has 0 aliphatic rings. The highest BCUT2D eigenvalue weighted by Crippen LogP contribution is 2.26. The first-order valence-corrected chi connectivity index (χ1v) is 8.45. The number of nitrogen functional groups attached to an aromatic ring is 1. The van der Waals surface area contributed by atoms with Gasteiger partial charge in [-0.3, -0.25) is 0 Å². The van der Waals surface area contributed by atoms with Gasteiger partial charge in [-0.15, -0.1) is 0 Å². The van der Waals surface area contributed by atoms with Crippen LogP contribution in [-0.2, 0) is 9.84 Å². The molecule has 0 radical (unpaired) electrons. The van der Waals surface area contributed by atoms with Crippen LogP contribution in [-0.4, -0.2) is 14.7 Å². The smallest absolute Gasteiger partial charge is 0.175 e. The van der Waals surface area contributed by atoms with Crippen molar-refractivity contribution in [2.75, 3.05) is 17.3 Å². The Morgan fingerprint density at radius 2 is 1.74 bits per heavy atom. The fraction of sp³-hybridized carbons (Fsp3) is 0.0769. The Kier molecular flexibility index (Phi) is 4.00. The van der Waals surface area contributed by atoms with Gasteiger partial charge in [-0.1, -0.05) is 0 Å². The summed E-state index contributed by atoms with van der Waals surface area (Å²) in [6, 6.07) is 12.5. The van der Waals surface area contributed by atoms with Crippen molar-refractivity contribution >= 4 is 49.5 Å². The zero-order valence-corrected chi connectivity index (χ0v) is 13.2. The van der Waals surface area contributed by atoms with E-state index in [1.54, 1.807) is 12.1 Å². The Hall–Kier alpha value is -1.28. The van der Waals surface area contributed by atoms with Crippen LogP contribution in [0.5, 0.6) is 0 Å². The molecule has 0 aromatic heterocycles. The lowest BCUT2D eigenvalue weighted by Crippen LogP contribution is -2.01. The topological polar surface area (TPSA) is 72.2 Å². The number of hydrogen-bond acceptors (Lipinski definition) is 4. The number of anilines is 3. The maximum atomic E-state index is 11.4. The van der Waals surface area contributed by atoms with Gasteiger partial charge >= 0.3 is 0 Å². The van der Waals surface area contributed by atoms with Crippen molar-refractivity contribution in [2.45, 2.75) is 4.90 Å². The number of rotatable bonds is 3. The average molecular weight is 388 g/mol. The molecule has 0 bridgehead atoms. The Labute approximate surface area is 126 Å². The molecule has 0 spiro atoms. The summed E-state index contributed by atoms with van der Waals surface area (Å²) in [4.78, 5) is 0.221. The summed E-state index contributed by atoms with van der Waals surface area (Å²) in [6.07, 6.45) is 1.16. The molecule has 2 aromatic rings. The highest BCUT2D eigenvalue weighted by Gasteiger charge is 2.09. The molecule has 19 heavy (non-hydrogen) atoms. The highest BCUT2D eigenvalue weighted by molar-refractivity contribution is 14.1. The molecular weight excluding hydrogens is 375 g/mol. The zero-order chi connectivity index (χ0) is 14.0. The first-order chi connectivity index (χ1) is 8.86. The highest BCUT2D eigenvalue weighted by atomic mass is 127. The summed E-state index contributed by atoms with van der Waals surface area (Å²) in [6.45, 7) is 0. The zero-order valence-electron chi connectivity index (χ0n) is 10.2. The van der Waals surface area contributed by atoms with Crippen molar-refractivity contribution in [1.82, 2.24) is 0 Å². The molecule has 0 heterocycles. The van der Waals surface area contributed by atoms with E-state index in [-0.39, 0.29) is 4.90 Å². The maximum Gasteiger partial charge on any atom is 0.175 e. The molecule has 0 fully saturated rings. The largest absolute Gasteiger partial charge is 0.397 e. The van der Waals surface area contributed by atoms with E-state index in [0.29, 0.717) is 11.4 Å². The third-order valence-electron chi connectivity index (χ3n) is 2.57. The number of nitrogens with one attached hydrogen (secondary N) is 1. The van der Waals surface area contributed by atoms with Crippen LogP contribution in [0.3, 0.4) is 0 Å². The Bertz CT molecular complexity index is 697. The van der Waals surface area contributed by atoms with Gasteiger partial charge in [-0.05, 0) is 65.1 Å². The third-order valence-corrected chi connectivity index (χ3v) is 4.40. The van der Waals surface area contributed by atoms with Crippen LogP contribution in [0.4, 0.5) is 17.1 Å². The van der Waals surface area contributed by atoms with E-state index in [4.69, 9.17) is 5.73 Å². The molecule has 0 saturated carbocycles. The molecular formula is C13H13IN2O2S. The van der Waals surface area contributed by atoms with Gasteiger partial charge in [-0.25, -0.2) is 8.42 Å². The number of halogens is 1. The summed E-state index contributed by atoms with van der Waals surface area (Å²) in [5.41, 5.74) is 7.86. The van der Waals surface area contributed by atoms with Crippen molar-refractivity contribution in [3.63, 3.8) is 0 Å². The second-order valence-corrected chi connectivity index (χ2v) is 7.41. The van der Waals surface area contributed by atoms with Crippen LogP contribution >= 0.6 is 22.6 Å². The van der Waals surface area contributed by atoms with Crippen molar-refractivity contribution in [1.29, 1.82) is 0 Å². The quantitative estimate of drug-likeness (QED) is 0.627. The Balaban J connectivity index is 2.29. The summed E-state index contributed by atoms with van der Waals surface area (Å²) in [7, 11) is -3.23. The monoisotopic (exact) mass is 388 g/mol. The van der Waals surface area contributed by atoms with Gasteiger partial charge in [0.2, 0.25) is 0 Å². The lowest BCUT2D eigenvalue weighted by atomic mass is 10.2. The first kappa shape index (κ1) is 14.1. The fourth-order valence-corrected chi connectivity index (χ4v) is 2.59. The Morgan fingerprint density at radius 1 is 1.11 bits per heavy atom. The van der Waals surface area contributed by atoms with Crippen molar-refractivity contribution in [3.05, 3.63) is 46.0 Å². The van der Waals surface area contributed by atoms with Crippen LogP contribution in [0.15, 0.2) is 47.4 Å². The second kappa shape index (κ2) is 5.38. The molecule has 100 valence electrons. The summed E-state index contributed by atoms with van der Waals surface area (Å²) in [5.74, 6) is 0. The van der Waals surface area contributed by atoms with E-state index < -0.39 is 9.84 Å². The van der Waals surface area contributed by atoms with Crippen LogP contribution < -0.4 is 11.1 Å². The molecule has 4 nitrogen and oxygen atoms in total. The van der Waals surface area contributed by atoms with Gasteiger partial charge in [-0.2, -0.15) is 0 Å². The normalized spacial score (nSPS) is 11.3. The lowest BCUT2D eigenvalue weighted by Gasteiger charge is -2.10. The lowest BCUT2D eigenvalue weighted by molar-refractivity contribution is 0.602. The molecule has 0 aliphatic heterocycles. The summed E-state index contributed by atoms with van der Waals surface area (Å²) < 4.78 is 24.0. The van der Waals surface area contributed by atoms with Crippen molar-refractivity contribution < 1.29 is 8.42 Å². The van der Waals surface area contributed by atoms with Gasteiger partial charge in [0.1, 0.15) is 0 Å². The molecule has 0 amide bonds. The van der Waals surface area contributed by atoms with Crippen LogP contribution in [0.25, 0.3) is 0 Å². The van der Waals surface area contributed by atoms with Crippen LogP contribution in [0.2, 0.25) is 0 Å². The molecule has 6 heteroatoms. The van der Waals surface area contributed by atoms with Gasteiger partial charge < -0.3 is 11.1 Å². The first-order valence-electron chi connectivity index (χ1n) is 5.48. The van der Waals surface area contributed by atoms with E-state index in [1.165, 1.54) is 6.07 Å².